The molecule has 0 heterocycles. The summed E-state index contributed by atoms with van der Waals surface area (Å²) in [4.78, 5) is 1.98. The summed E-state index contributed by atoms with van der Waals surface area (Å²) in [5.74, 6) is 0.424. The van der Waals surface area contributed by atoms with E-state index in [0.29, 0.717) is 13.0 Å². The second-order valence-electron chi connectivity index (χ2n) is 3.90. The predicted octanol–water partition coefficient (Wildman–Crippen LogP) is 0.932. The summed E-state index contributed by atoms with van der Waals surface area (Å²) < 4.78 is 0. The molecule has 0 aliphatic rings. The Bertz CT molecular complexity index is 361. The van der Waals surface area contributed by atoms with Gasteiger partial charge in [-0.15, -0.1) is 0 Å². The Hall–Kier alpha value is -1.55. The van der Waals surface area contributed by atoms with Gasteiger partial charge in [-0.3, -0.25) is 5.41 Å². The van der Waals surface area contributed by atoms with E-state index in [-0.39, 0.29) is 11.6 Å². The Morgan fingerprint density at radius 3 is 2.67 bits per heavy atom. The Balaban J connectivity index is 2.89. The lowest BCUT2D eigenvalue weighted by Gasteiger charge is -2.12. The molecule has 0 bridgehead atoms. The lowest BCUT2D eigenvalue weighted by Crippen LogP contribution is -2.14. The van der Waals surface area contributed by atoms with Crippen LogP contribution in [0.3, 0.4) is 0 Å². The molecule has 4 N–H and O–H groups in total. The molecule has 0 aliphatic heterocycles. The number of hydrogen-bond acceptors (Lipinski definition) is 3. The van der Waals surface area contributed by atoms with Gasteiger partial charge in [0.25, 0.3) is 0 Å². The highest BCUT2D eigenvalue weighted by molar-refractivity contribution is 5.79. The molecule has 1 aromatic carbocycles. The van der Waals surface area contributed by atoms with Gasteiger partial charge < -0.3 is 15.7 Å². The molecule has 4 heteroatoms. The fourth-order valence-corrected chi connectivity index (χ4v) is 1.44. The van der Waals surface area contributed by atoms with Crippen LogP contribution in [0.25, 0.3) is 0 Å². The van der Waals surface area contributed by atoms with Gasteiger partial charge in [0, 0.05) is 18.5 Å². The van der Waals surface area contributed by atoms with Gasteiger partial charge in [-0.2, -0.15) is 0 Å². The topological polar surface area (TPSA) is 73.3 Å². The lowest BCUT2D eigenvalue weighted by atomic mass is 10.1. The maximum atomic E-state index is 9.61. The van der Waals surface area contributed by atoms with Crippen LogP contribution >= 0.6 is 0 Å². The Labute approximate surface area is 89.8 Å². The standard InChI is InChI=1S/C11H17N3O/c1-14(2)7-9-5-8(6-11(12)13)3-4-10(9)15/h3-5,15H,6-7H2,1-2H3,(H3,12,13). The predicted molar refractivity (Wildman–Crippen MR) is 61.1 cm³/mol. The molecule has 0 saturated heterocycles. The molecule has 0 fully saturated rings. The SMILES string of the molecule is CN(C)Cc1cc(CC(=N)N)ccc1O. The minimum absolute atomic E-state index is 0.136. The average molecular weight is 207 g/mol. The van der Waals surface area contributed by atoms with Crippen molar-refractivity contribution in [1.29, 1.82) is 5.41 Å². The zero-order chi connectivity index (χ0) is 11.4. The third-order valence-corrected chi connectivity index (χ3v) is 2.03. The van der Waals surface area contributed by atoms with E-state index in [2.05, 4.69) is 0 Å². The van der Waals surface area contributed by atoms with Crippen molar-refractivity contribution < 1.29 is 5.11 Å². The molecule has 0 spiro atoms. The smallest absolute Gasteiger partial charge is 0.120 e. The van der Waals surface area contributed by atoms with Crippen molar-refractivity contribution in [1.82, 2.24) is 4.90 Å². The van der Waals surface area contributed by atoms with E-state index in [4.69, 9.17) is 11.1 Å². The third kappa shape index (κ3) is 3.59. The Kier molecular flexibility index (Phi) is 3.68. The van der Waals surface area contributed by atoms with Crippen LogP contribution in [0.5, 0.6) is 5.75 Å². The van der Waals surface area contributed by atoms with Crippen molar-refractivity contribution in [2.45, 2.75) is 13.0 Å². The summed E-state index contributed by atoms with van der Waals surface area (Å²) in [7, 11) is 3.88. The van der Waals surface area contributed by atoms with Gasteiger partial charge in [-0.25, -0.2) is 0 Å². The van der Waals surface area contributed by atoms with Gasteiger partial charge in [0.15, 0.2) is 0 Å². The van der Waals surface area contributed by atoms with Crippen LogP contribution in [-0.4, -0.2) is 29.9 Å². The highest BCUT2D eigenvalue weighted by atomic mass is 16.3. The maximum Gasteiger partial charge on any atom is 0.120 e. The first-order valence-corrected chi connectivity index (χ1v) is 4.77. The molecule has 0 unspecified atom stereocenters. The summed E-state index contributed by atoms with van der Waals surface area (Å²) in [6, 6.07) is 5.32. The second-order valence-corrected chi connectivity index (χ2v) is 3.90. The van der Waals surface area contributed by atoms with E-state index in [1.165, 1.54) is 0 Å². The van der Waals surface area contributed by atoms with Crippen LogP contribution in [0.4, 0.5) is 0 Å². The zero-order valence-corrected chi connectivity index (χ0v) is 9.12. The van der Waals surface area contributed by atoms with Crippen molar-refractivity contribution >= 4 is 5.84 Å². The van der Waals surface area contributed by atoms with Crippen LogP contribution in [0.2, 0.25) is 0 Å². The molecule has 15 heavy (non-hydrogen) atoms. The third-order valence-electron chi connectivity index (χ3n) is 2.03. The maximum absolute atomic E-state index is 9.61. The quantitative estimate of drug-likeness (QED) is 0.508. The van der Waals surface area contributed by atoms with Gasteiger partial charge in [0.2, 0.25) is 0 Å². The van der Waals surface area contributed by atoms with Gasteiger partial charge >= 0.3 is 0 Å². The van der Waals surface area contributed by atoms with Gasteiger partial charge in [0.1, 0.15) is 5.75 Å². The lowest BCUT2D eigenvalue weighted by molar-refractivity contribution is 0.385. The van der Waals surface area contributed by atoms with Crippen molar-refractivity contribution in [3.63, 3.8) is 0 Å². The van der Waals surface area contributed by atoms with Crippen molar-refractivity contribution in [2.75, 3.05) is 14.1 Å². The molecule has 0 aliphatic carbocycles. The molecule has 4 nitrogen and oxygen atoms in total. The molecule has 0 atom stereocenters. The number of aromatic hydroxyl groups is 1. The van der Waals surface area contributed by atoms with Gasteiger partial charge in [-0.05, 0) is 25.7 Å². The second kappa shape index (κ2) is 4.79. The van der Waals surface area contributed by atoms with Crippen molar-refractivity contribution in [3.8, 4) is 5.75 Å². The van der Waals surface area contributed by atoms with Crippen molar-refractivity contribution in [2.24, 2.45) is 5.73 Å². The number of nitrogens with one attached hydrogen (secondary N) is 1. The molecule has 0 aromatic heterocycles. The number of nitrogens with zero attached hydrogens (tertiary/aromatic N) is 1. The van der Waals surface area contributed by atoms with E-state index < -0.39 is 0 Å². The van der Waals surface area contributed by atoms with Gasteiger partial charge in [0.05, 0.1) is 5.84 Å². The highest BCUT2D eigenvalue weighted by Gasteiger charge is 2.04. The Morgan fingerprint density at radius 1 is 1.47 bits per heavy atom. The molecule has 82 valence electrons. The fourth-order valence-electron chi connectivity index (χ4n) is 1.44. The van der Waals surface area contributed by atoms with Gasteiger partial charge in [-0.1, -0.05) is 12.1 Å². The largest absolute Gasteiger partial charge is 0.508 e. The molecule has 0 amide bonds. The molecule has 1 aromatic rings. The van der Waals surface area contributed by atoms with Crippen LogP contribution in [0.1, 0.15) is 11.1 Å². The van der Waals surface area contributed by atoms with E-state index in [0.717, 1.165) is 11.1 Å². The van der Waals surface area contributed by atoms with Crippen molar-refractivity contribution in [3.05, 3.63) is 29.3 Å². The Morgan fingerprint density at radius 2 is 2.13 bits per heavy atom. The van der Waals surface area contributed by atoms with Crippen LogP contribution in [-0.2, 0) is 13.0 Å². The van der Waals surface area contributed by atoms with E-state index in [1.54, 1.807) is 12.1 Å². The summed E-state index contributed by atoms with van der Waals surface area (Å²) in [6.45, 7) is 0.678. The molecule has 1 rings (SSSR count). The normalized spacial score (nSPS) is 10.6. The number of phenolic OH excluding ortho intramolecular Hbond substituents is 1. The van der Waals surface area contributed by atoms with Crippen LogP contribution in [0.15, 0.2) is 18.2 Å². The summed E-state index contributed by atoms with van der Waals surface area (Å²) in [6.07, 6.45) is 0.431. The number of phenols is 1. The zero-order valence-electron chi connectivity index (χ0n) is 9.12. The molecule has 0 saturated carbocycles. The molecular weight excluding hydrogens is 190 g/mol. The first kappa shape index (κ1) is 11.5. The van der Waals surface area contributed by atoms with Crippen LogP contribution < -0.4 is 5.73 Å². The van der Waals surface area contributed by atoms with E-state index in [9.17, 15) is 5.11 Å². The summed E-state index contributed by atoms with van der Waals surface area (Å²) in [5, 5.41) is 16.8. The summed E-state index contributed by atoms with van der Waals surface area (Å²) >= 11 is 0. The number of nitrogens with two attached hydrogens (primary N) is 1. The number of amidine groups is 1. The number of benzene rings is 1. The first-order valence-electron chi connectivity index (χ1n) is 4.77. The summed E-state index contributed by atoms with van der Waals surface area (Å²) in [5.41, 5.74) is 7.14. The highest BCUT2D eigenvalue weighted by Crippen LogP contribution is 2.19. The minimum atomic E-state index is 0.136. The fraction of sp³-hybridized carbons (Fsp3) is 0.364. The monoisotopic (exact) mass is 207 g/mol. The molecule has 0 radical (unpaired) electrons. The minimum Gasteiger partial charge on any atom is -0.508 e. The van der Waals surface area contributed by atoms with Crippen LogP contribution in [0, 0.1) is 5.41 Å². The number of hydrogen-bond donors (Lipinski definition) is 3. The van der Waals surface area contributed by atoms with E-state index >= 15 is 0 Å². The molecular formula is C11H17N3O. The number of rotatable bonds is 4. The average Bonchev–Trinajstić information content (AvgIpc) is 2.09. The first-order chi connectivity index (χ1) is 6.99. The van der Waals surface area contributed by atoms with E-state index in [1.807, 2.05) is 25.1 Å².